The number of para-hydroxylation sites is 1. The van der Waals surface area contributed by atoms with Crippen molar-refractivity contribution in [1.82, 2.24) is 4.90 Å². The Morgan fingerprint density at radius 2 is 1.97 bits per heavy atom. The van der Waals surface area contributed by atoms with E-state index in [0.717, 1.165) is 31.4 Å². The van der Waals surface area contributed by atoms with Crippen LogP contribution in [-0.4, -0.2) is 79.5 Å². The van der Waals surface area contributed by atoms with E-state index in [9.17, 15) is 14.7 Å². The molecule has 2 unspecified atom stereocenters. The second-order valence-electron chi connectivity index (χ2n) is 10.4. The van der Waals surface area contributed by atoms with Gasteiger partial charge >= 0.3 is 12.1 Å². The fourth-order valence-electron chi connectivity index (χ4n) is 9.36. The SMILES string of the molecule is COC(=O)N1c2c(OC)cccc2[C@@]23C[C@H]4O[C@H]5C(O)(C(=O)OC)[C@]12CC[C@]51CCCN4[C@@H]13. The normalized spacial score (nSPS) is 47.2. The second-order valence-corrected chi connectivity index (χ2v) is 10.4. The molecule has 9 heteroatoms. The Hall–Kier alpha value is -2.36. The van der Waals surface area contributed by atoms with Gasteiger partial charge in [0, 0.05) is 29.8 Å². The Labute approximate surface area is 191 Å². The third kappa shape index (κ3) is 1.66. The molecule has 1 aromatic carbocycles. The summed E-state index contributed by atoms with van der Waals surface area (Å²) in [7, 11) is 4.17. The predicted molar refractivity (Wildman–Crippen MR) is 114 cm³/mol. The first-order chi connectivity index (χ1) is 15.9. The Morgan fingerprint density at radius 1 is 1.15 bits per heavy atom. The van der Waals surface area contributed by atoms with Crippen LogP contribution in [0, 0.1) is 5.41 Å². The fraction of sp³-hybridized carbons (Fsp3) is 0.667. The first-order valence-electron chi connectivity index (χ1n) is 11.7. The van der Waals surface area contributed by atoms with Gasteiger partial charge in [-0.15, -0.1) is 0 Å². The van der Waals surface area contributed by atoms with E-state index in [1.807, 2.05) is 18.2 Å². The van der Waals surface area contributed by atoms with E-state index in [1.54, 1.807) is 7.11 Å². The van der Waals surface area contributed by atoms with Gasteiger partial charge < -0.3 is 24.1 Å². The number of piperidine rings is 1. The van der Waals surface area contributed by atoms with Crippen LogP contribution in [-0.2, 0) is 24.4 Å². The summed E-state index contributed by atoms with van der Waals surface area (Å²) in [5, 5.41) is 12.6. The highest BCUT2D eigenvalue weighted by Crippen LogP contribution is 2.80. The monoisotopic (exact) mass is 456 g/mol. The van der Waals surface area contributed by atoms with Crippen molar-refractivity contribution >= 4 is 17.7 Å². The van der Waals surface area contributed by atoms with Crippen molar-refractivity contribution in [2.24, 2.45) is 5.41 Å². The quantitative estimate of drug-likeness (QED) is 0.670. The minimum atomic E-state index is -2.05. The van der Waals surface area contributed by atoms with Crippen LogP contribution in [0.5, 0.6) is 5.75 Å². The van der Waals surface area contributed by atoms with Crippen molar-refractivity contribution in [3.05, 3.63) is 23.8 Å². The molecule has 3 saturated carbocycles. The molecular formula is C24H28N2O7. The predicted octanol–water partition coefficient (Wildman–Crippen LogP) is 1.55. The highest BCUT2D eigenvalue weighted by Gasteiger charge is 2.93. The summed E-state index contributed by atoms with van der Waals surface area (Å²) in [5.74, 6) is -0.237. The van der Waals surface area contributed by atoms with Crippen molar-refractivity contribution in [3.63, 3.8) is 0 Å². The lowest BCUT2D eigenvalue weighted by atomic mass is 9.36. The molecule has 8 rings (SSSR count). The van der Waals surface area contributed by atoms with Crippen LogP contribution in [0.3, 0.4) is 0 Å². The van der Waals surface area contributed by atoms with E-state index in [0.29, 0.717) is 24.3 Å². The molecule has 3 saturated heterocycles. The minimum absolute atomic E-state index is 0.0432. The zero-order valence-corrected chi connectivity index (χ0v) is 19.0. The third-order valence-electron chi connectivity index (χ3n) is 9.94. The van der Waals surface area contributed by atoms with Crippen LogP contribution >= 0.6 is 0 Å². The van der Waals surface area contributed by atoms with E-state index >= 15 is 0 Å². The summed E-state index contributed by atoms with van der Waals surface area (Å²) >= 11 is 0. The van der Waals surface area contributed by atoms with Gasteiger partial charge in [0.2, 0.25) is 5.60 Å². The molecule has 4 heterocycles. The number of anilines is 1. The van der Waals surface area contributed by atoms with Crippen molar-refractivity contribution in [1.29, 1.82) is 0 Å². The molecular weight excluding hydrogens is 428 g/mol. The summed E-state index contributed by atoms with van der Waals surface area (Å²) in [5.41, 5.74) is -2.98. The molecule has 6 bridgehead atoms. The average molecular weight is 456 g/mol. The molecule has 1 N–H and O–H groups in total. The Balaban J connectivity index is 1.65. The van der Waals surface area contributed by atoms with Crippen LogP contribution < -0.4 is 9.64 Å². The summed E-state index contributed by atoms with van der Waals surface area (Å²) in [6, 6.07) is 5.79. The molecule has 1 amide bonds. The molecule has 33 heavy (non-hydrogen) atoms. The lowest BCUT2D eigenvalue weighted by molar-refractivity contribution is -0.330. The summed E-state index contributed by atoms with van der Waals surface area (Å²) in [6.07, 6.45) is 2.00. The van der Waals surface area contributed by atoms with Crippen LogP contribution in [0.4, 0.5) is 10.5 Å². The maximum atomic E-state index is 13.6. The van der Waals surface area contributed by atoms with Crippen molar-refractivity contribution in [2.75, 3.05) is 32.8 Å². The Morgan fingerprint density at radius 3 is 2.70 bits per heavy atom. The standard InChI is InChI=1S/C24H28N2O7/c1-30-14-7-4-6-13-16(14)26(20(28)32-3)23-10-9-21-8-5-11-25-15(12-22(13,23)17(21)25)33-18(21)24(23,29)19(27)31-2/h4,6-7,15,17-18,29H,5,8-12H2,1-3H3/t15-,17+,18-,21+,22-,23-,24?/m1/s1. The topological polar surface area (TPSA) is 97.8 Å². The molecule has 3 aliphatic carbocycles. The zero-order valence-electron chi connectivity index (χ0n) is 19.0. The lowest BCUT2D eigenvalue weighted by Crippen LogP contribution is -2.92. The molecule has 176 valence electrons. The fourth-order valence-corrected chi connectivity index (χ4v) is 9.36. The number of aliphatic hydroxyl groups is 1. The highest BCUT2D eigenvalue weighted by atomic mass is 16.6. The molecule has 0 radical (unpaired) electrons. The number of carbonyl (C=O) groups is 2. The van der Waals surface area contributed by atoms with Gasteiger partial charge in [-0.3, -0.25) is 9.80 Å². The van der Waals surface area contributed by atoms with Gasteiger partial charge in [0.25, 0.3) is 0 Å². The number of esters is 1. The van der Waals surface area contributed by atoms with Crippen molar-refractivity contribution in [2.45, 2.75) is 67.0 Å². The number of amides is 1. The highest BCUT2D eigenvalue weighted by molar-refractivity contribution is 6.01. The lowest BCUT2D eigenvalue weighted by Gasteiger charge is -2.75. The number of benzene rings is 1. The second kappa shape index (κ2) is 5.82. The van der Waals surface area contributed by atoms with E-state index in [1.165, 1.54) is 19.1 Å². The molecule has 7 aliphatic rings. The van der Waals surface area contributed by atoms with E-state index in [2.05, 4.69) is 4.90 Å². The van der Waals surface area contributed by atoms with Crippen molar-refractivity contribution in [3.8, 4) is 5.75 Å². The number of rotatable bonds is 2. The van der Waals surface area contributed by atoms with Gasteiger partial charge in [-0.1, -0.05) is 12.1 Å². The average Bonchev–Trinajstić information content (AvgIpc) is 3.24. The number of methoxy groups -OCH3 is 3. The third-order valence-corrected chi connectivity index (χ3v) is 9.94. The number of hydrogen-bond donors (Lipinski definition) is 1. The number of nitrogens with zero attached hydrogens (tertiary/aromatic N) is 2. The van der Waals surface area contributed by atoms with Crippen LogP contribution in [0.1, 0.15) is 37.7 Å². The van der Waals surface area contributed by atoms with Crippen molar-refractivity contribution < 1.29 is 33.6 Å². The van der Waals surface area contributed by atoms with E-state index in [-0.39, 0.29) is 12.3 Å². The summed E-state index contributed by atoms with van der Waals surface area (Å²) in [4.78, 5) is 31.1. The number of hydrogen-bond acceptors (Lipinski definition) is 8. The van der Waals surface area contributed by atoms with Crippen LogP contribution in [0.25, 0.3) is 0 Å². The number of ether oxygens (including phenoxy) is 4. The molecule has 9 nitrogen and oxygen atoms in total. The van der Waals surface area contributed by atoms with Gasteiger partial charge in [-0.05, 0) is 37.3 Å². The molecule has 4 aliphatic heterocycles. The van der Waals surface area contributed by atoms with Gasteiger partial charge in [0.15, 0.2) is 0 Å². The summed E-state index contributed by atoms with van der Waals surface area (Å²) < 4.78 is 22.9. The molecule has 8 atom stereocenters. The van der Waals surface area contributed by atoms with Gasteiger partial charge in [0.1, 0.15) is 23.6 Å². The van der Waals surface area contributed by atoms with Crippen LogP contribution in [0.15, 0.2) is 18.2 Å². The maximum absolute atomic E-state index is 13.6. The largest absolute Gasteiger partial charge is 0.495 e. The van der Waals surface area contributed by atoms with Gasteiger partial charge in [0.05, 0.1) is 27.0 Å². The van der Waals surface area contributed by atoms with Gasteiger partial charge in [-0.2, -0.15) is 0 Å². The Bertz CT molecular complexity index is 1110. The summed E-state index contributed by atoms with van der Waals surface area (Å²) in [6.45, 7) is 0.899. The number of fused-ring (bicyclic) bond motifs is 2. The first-order valence-corrected chi connectivity index (χ1v) is 11.7. The first kappa shape index (κ1) is 20.1. The van der Waals surface area contributed by atoms with E-state index in [4.69, 9.17) is 18.9 Å². The minimum Gasteiger partial charge on any atom is -0.495 e. The van der Waals surface area contributed by atoms with Gasteiger partial charge in [-0.25, -0.2) is 9.59 Å². The zero-order chi connectivity index (χ0) is 23.0. The molecule has 3 spiro atoms. The maximum Gasteiger partial charge on any atom is 0.414 e. The van der Waals surface area contributed by atoms with Crippen LogP contribution in [0.2, 0.25) is 0 Å². The molecule has 6 fully saturated rings. The molecule has 1 aromatic rings. The van der Waals surface area contributed by atoms with E-state index < -0.39 is 40.1 Å². The number of carbonyl (C=O) groups excluding carboxylic acids is 2. The molecule has 0 aromatic heterocycles. The Kier molecular flexibility index (Phi) is 3.54. The smallest absolute Gasteiger partial charge is 0.414 e.